The van der Waals surface area contributed by atoms with Gasteiger partial charge in [0.2, 0.25) is 5.91 Å². The van der Waals surface area contributed by atoms with Crippen LogP contribution in [0, 0.1) is 0 Å². The molecule has 2 atom stereocenters. The molecule has 0 bridgehead atoms. The number of amides is 1. The Hall–Kier alpha value is -1.93. The Labute approximate surface area is 135 Å². The van der Waals surface area contributed by atoms with Crippen LogP contribution in [0.25, 0.3) is 0 Å². The van der Waals surface area contributed by atoms with E-state index in [-0.39, 0.29) is 12.3 Å². The van der Waals surface area contributed by atoms with Gasteiger partial charge in [-0.3, -0.25) is 9.35 Å². The average molecular weight is 343 g/mol. The number of benzene rings is 1. The van der Waals surface area contributed by atoms with Gasteiger partial charge in [-0.15, -0.1) is 0 Å². The quantitative estimate of drug-likeness (QED) is 0.583. The Kier molecular flexibility index (Phi) is 7.18. The van der Waals surface area contributed by atoms with E-state index in [1.165, 1.54) is 0 Å². The first-order valence-electron chi connectivity index (χ1n) is 7.25. The van der Waals surface area contributed by atoms with Gasteiger partial charge in [0, 0.05) is 6.42 Å². The SMILES string of the molecule is CCC(CCC(=O)N[C@@H](CS(=O)(=O)O)C(=O)O)c1ccccc1. The van der Waals surface area contributed by atoms with Crippen LogP contribution in [-0.4, -0.2) is 41.7 Å². The van der Waals surface area contributed by atoms with Crippen LogP contribution in [0.15, 0.2) is 30.3 Å². The number of hydrogen-bond acceptors (Lipinski definition) is 4. The van der Waals surface area contributed by atoms with Crippen molar-refractivity contribution >= 4 is 22.0 Å². The molecule has 0 radical (unpaired) electrons. The zero-order chi connectivity index (χ0) is 17.5. The predicted octanol–water partition coefficient (Wildman–Crippen LogP) is 1.42. The number of carbonyl (C=O) groups is 2. The van der Waals surface area contributed by atoms with Crippen LogP contribution in [0.4, 0.5) is 0 Å². The maximum absolute atomic E-state index is 11.8. The molecule has 0 spiro atoms. The summed E-state index contributed by atoms with van der Waals surface area (Å²) in [7, 11) is -4.49. The number of carboxylic acid groups (broad SMARTS) is 1. The summed E-state index contributed by atoms with van der Waals surface area (Å²) in [5, 5.41) is 11.0. The molecule has 0 saturated heterocycles. The Morgan fingerprint density at radius 3 is 2.30 bits per heavy atom. The molecule has 1 aromatic carbocycles. The van der Waals surface area contributed by atoms with Crippen LogP contribution >= 0.6 is 0 Å². The lowest BCUT2D eigenvalue weighted by Crippen LogP contribution is -2.45. The largest absolute Gasteiger partial charge is 0.480 e. The second-order valence-electron chi connectivity index (χ2n) is 5.26. The first-order valence-corrected chi connectivity index (χ1v) is 8.86. The third-order valence-electron chi connectivity index (χ3n) is 3.49. The Balaban J connectivity index is 2.59. The van der Waals surface area contributed by atoms with Gasteiger partial charge < -0.3 is 10.4 Å². The Morgan fingerprint density at radius 1 is 1.22 bits per heavy atom. The monoisotopic (exact) mass is 343 g/mol. The molecule has 0 heterocycles. The van der Waals surface area contributed by atoms with E-state index in [1.54, 1.807) is 0 Å². The van der Waals surface area contributed by atoms with Gasteiger partial charge in [0.1, 0.15) is 11.8 Å². The molecule has 1 rings (SSSR count). The molecule has 0 aliphatic carbocycles. The fourth-order valence-corrected chi connectivity index (χ4v) is 2.94. The van der Waals surface area contributed by atoms with Crippen molar-refractivity contribution in [3.63, 3.8) is 0 Å². The molecule has 1 unspecified atom stereocenters. The fraction of sp³-hybridized carbons (Fsp3) is 0.467. The van der Waals surface area contributed by atoms with Crippen LogP contribution in [0.5, 0.6) is 0 Å². The van der Waals surface area contributed by atoms with Gasteiger partial charge in [0.25, 0.3) is 10.1 Å². The molecule has 1 aromatic rings. The van der Waals surface area contributed by atoms with Crippen LogP contribution in [0.3, 0.4) is 0 Å². The van der Waals surface area contributed by atoms with Crippen molar-refractivity contribution in [2.45, 2.75) is 38.1 Å². The van der Waals surface area contributed by atoms with Crippen molar-refractivity contribution in [1.29, 1.82) is 0 Å². The van der Waals surface area contributed by atoms with E-state index >= 15 is 0 Å². The van der Waals surface area contributed by atoms with Gasteiger partial charge in [-0.2, -0.15) is 8.42 Å². The molecule has 0 fully saturated rings. The highest BCUT2D eigenvalue weighted by Crippen LogP contribution is 2.24. The smallest absolute Gasteiger partial charge is 0.327 e. The average Bonchev–Trinajstić information content (AvgIpc) is 2.47. The molecule has 0 saturated carbocycles. The van der Waals surface area contributed by atoms with Crippen molar-refractivity contribution in [3.8, 4) is 0 Å². The van der Waals surface area contributed by atoms with E-state index in [1.807, 2.05) is 37.3 Å². The Bertz CT molecular complexity index is 629. The maximum Gasteiger partial charge on any atom is 0.327 e. The van der Waals surface area contributed by atoms with Gasteiger partial charge in [-0.05, 0) is 24.3 Å². The van der Waals surface area contributed by atoms with Crippen LogP contribution < -0.4 is 5.32 Å². The highest BCUT2D eigenvalue weighted by atomic mass is 32.2. The molecule has 0 aliphatic heterocycles. The van der Waals surface area contributed by atoms with E-state index in [0.717, 1.165) is 12.0 Å². The zero-order valence-electron chi connectivity index (χ0n) is 12.8. The van der Waals surface area contributed by atoms with Gasteiger partial charge in [-0.25, -0.2) is 4.79 Å². The molecule has 7 nitrogen and oxygen atoms in total. The second kappa shape index (κ2) is 8.64. The lowest BCUT2D eigenvalue weighted by molar-refractivity contribution is -0.141. The maximum atomic E-state index is 11.8. The molecule has 1 amide bonds. The van der Waals surface area contributed by atoms with Gasteiger partial charge in [0.05, 0.1) is 0 Å². The first-order chi connectivity index (χ1) is 10.7. The first kappa shape index (κ1) is 19.1. The van der Waals surface area contributed by atoms with Crippen molar-refractivity contribution in [1.82, 2.24) is 5.32 Å². The fourth-order valence-electron chi connectivity index (χ4n) is 2.29. The lowest BCUT2D eigenvalue weighted by Gasteiger charge is -2.17. The topological polar surface area (TPSA) is 121 Å². The summed E-state index contributed by atoms with van der Waals surface area (Å²) in [5.74, 6) is -2.96. The highest BCUT2D eigenvalue weighted by molar-refractivity contribution is 7.85. The molecule has 3 N–H and O–H groups in total. The predicted molar refractivity (Wildman–Crippen MR) is 84.7 cm³/mol. The van der Waals surface area contributed by atoms with Gasteiger partial charge >= 0.3 is 5.97 Å². The normalized spacial score (nSPS) is 14.0. The van der Waals surface area contributed by atoms with E-state index in [9.17, 15) is 18.0 Å². The summed E-state index contributed by atoms with van der Waals surface area (Å²) in [4.78, 5) is 22.8. The third kappa shape index (κ3) is 7.25. The number of carboxylic acids is 1. The standard InChI is InChI=1S/C15H21NO6S/c1-2-11(12-6-4-3-5-7-12)8-9-14(17)16-13(15(18)19)10-23(20,21)22/h3-7,11,13H,2,8-10H2,1H3,(H,16,17)(H,18,19)(H,20,21,22)/t11?,13-/m0/s1. The van der Waals surface area contributed by atoms with Gasteiger partial charge in [0.15, 0.2) is 0 Å². The third-order valence-corrected chi connectivity index (χ3v) is 4.25. The Morgan fingerprint density at radius 2 is 1.83 bits per heavy atom. The number of aliphatic carboxylic acids is 1. The van der Waals surface area contributed by atoms with E-state index in [0.29, 0.717) is 6.42 Å². The number of nitrogens with one attached hydrogen (secondary N) is 1. The molecule has 0 aliphatic rings. The highest BCUT2D eigenvalue weighted by Gasteiger charge is 2.25. The minimum Gasteiger partial charge on any atom is -0.480 e. The lowest BCUT2D eigenvalue weighted by atomic mass is 9.92. The minimum atomic E-state index is -4.49. The molecular weight excluding hydrogens is 322 g/mol. The summed E-state index contributed by atoms with van der Waals surface area (Å²) in [6.45, 7) is 1.99. The van der Waals surface area contributed by atoms with Gasteiger partial charge in [-0.1, -0.05) is 37.3 Å². The number of carbonyl (C=O) groups excluding carboxylic acids is 1. The summed E-state index contributed by atoms with van der Waals surface area (Å²) < 4.78 is 30.2. The van der Waals surface area contributed by atoms with Crippen molar-refractivity contribution in [2.24, 2.45) is 0 Å². The molecule has 23 heavy (non-hydrogen) atoms. The molecule has 8 heteroatoms. The summed E-state index contributed by atoms with van der Waals surface area (Å²) in [5.41, 5.74) is 1.09. The zero-order valence-corrected chi connectivity index (χ0v) is 13.6. The van der Waals surface area contributed by atoms with Crippen LogP contribution in [0.2, 0.25) is 0 Å². The summed E-state index contributed by atoms with van der Waals surface area (Å²) in [6.07, 6.45) is 1.41. The number of hydrogen-bond donors (Lipinski definition) is 3. The summed E-state index contributed by atoms with van der Waals surface area (Å²) in [6, 6.07) is 7.98. The van der Waals surface area contributed by atoms with Crippen LogP contribution in [0.1, 0.15) is 37.7 Å². The minimum absolute atomic E-state index is 0.0721. The van der Waals surface area contributed by atoms with Crippen LogP contribution in [-0.2, 0) is 19.7 Å². The number of rotatable bonds is 9. The van der Waals surface area contributed by atoms with Crippen molar-refractivity contribution in [2.75, 3.05) is 5.75 Å². The van der Waals surface area contributed by atoms with E-state index in [2.05, 4.69) is 5.32 Å². The van der Waals surface area contributed by atoms with E-state index < -0.39 is 33.8 Å². The van der Waals surface area contributed by atoms with Crippen molar-refractivity contribution in [3.05, 3.63) is 35.9 Å². The molecule has 128 valence electrons. The second-order valence-corrected chi connectivity index (χ2v) is 6.76. The molecule has 0 aromatic heterocycles. The van der Waals surface area contributed by atoms with Crippen molar-refractivity contribution < 1.29 is 27.7 Å². The van der Waals surface area contributed by atoms with E-state index in [4.69, 9.17) is 9.66 Å². The molecular formula is C15H21NO6S. The summed E-state index contributed by atoms with van der Waals surface area (Å²) >= 11 is 0.